The van der Waals surface area contributed by atoms with Crippen molar-refractivity contribution >= 4 is 11.5 Å². The molecular weight excluding hydrogens is 274 g/mol. The van der Waals surface area contributed by atoms with Crippen LogP contribution in [0.1, 0.15) is 35.3 Å². The number of para-hydroxylation sites is 1. The topological polar surface area (TPSA) is 49.3 Å². The summed E-state index contributed by atoms with van der Waals surface area (Å²) in [6.07, 6.45) is 2.49. The van der Waals surface area contributed by atoms with Crippen molar-refractivity contribution < 1.29 is 9.90 Å². The second-order valence-electron chi connectivity index (χ2n) is 6.28. The number of fused-ring (bicyclic) bond motifs is 1. The predicted molar refractivity (Wildman–Crippen MR) is 87.8 cm³/mol. The number of phenols is 1. The molecule has 3 rings (SSSR count). The lowest BCUT2D eigenvalue weighted by Gasteiger charge is -2.35. The summed E-state index contributed by atoms with van der Waals surface area (Å²) in [6, 6.07) is 14.7. The van der Waals surface area contributed by atoms with Crippen LogP contribution in [0, 0.1) is 0 Å². The second-order valence-corrected chi connectivity index (χ2v) is 6.28. The third kappa shape index (κ3) is 2.75. The SMILES string of the molecule is CC1(C)Cc2ccccc2/C(=C/C(=O)c2ccccc2O)N1. The molecule has 0 aromatic heterocycles. The highest BCUT2D eigenvalue weighted by Crippen LogP contribution is 2.30. The lowest BCUT2D eigenvalue weighted by Crippen LogP contribution is -2.43. The Hall–Kier alpha value is -2.55. The number of nitrogens with one attached hydrogen (secondary N) is 1. The van der Waals surface area contributed by atoms with Gasteiger partial charge in [-0.2, -0.15) is 0 Å². The zero-order valence-electron chi connectivity index (χ0n) is 12.8. The summed E-state index contributed by atoms with van der Waals surface area (Å²) in [5, 5.41) is 13.3. The fourth-order valence-electron chi connectivity index (χ4n) is 2.89. The van der Waals surface area contributed by atoms with E-state index >= 15 is 0 Å². The largest absolute Gasteiger partial charge is 0.507 e. The molecule has 0 unspecified atom stereocenters. The van der Waals surface area contributed by atoms with Gasteiger partial charge in [-0.1, -0.05) is 36.4 Å². The van der Waals surface area contributed by atoms with Crippen molar-refractivity contribution in [2.45, 2.75) is 25.8 Å². The van der Waals surface area contributed by atoms with E-state index in [0.717, 1.165) is 17.7 Å². The van der Waals surface area contributed by atoms with Crippen LogP contribution in [-0.4, -0.2) is 16.4 Å². The van der Waals surface area contributed by atoms with Crippen LogP contribution < -0.4 is 5.32 Å². The molecule has 0 spiro atoms. The van der Waals surface area contributed by atoms with E-state index in [2.05, 4.69) is 25.2 Å². The molecule has 1 aliphatic heterocycles. The molecule has 1 heterocycles. The number of carbonyl (C=O) groups excluding carboxylic acids is 1. The summed E-state index contributed by atoms with van der Waals surface area (Å²) in [4.78, 5) is 12.5. The number of hydrogen-bond acceptors (Lipinski definition) is 3. The van der Waals surface area contributed by atoms with Crippen molar-refractivity contribution in [3.8, 4) is 5.75 Å². The average Bonchev–Trinajstić information content (AvgIpc) is 2.46. The van der Waals surface area contributed by atoms with E-state index in [1.165, 1.54) is 11.6 Å². The molecule has 3 heteroatoms. The minimum atomic E-state index is -0.201. The van der Waals surface area contributed by atoms with Gasteiger partial charge in [-0.15, -0.1) is 0 Å². The number of rotatable bonds is 2. The first-order valence-electron chi connectivity index (χ1n) is 7.37. The molecule has 3 nitrogen and oxygen atoms in total. The standard InChI is InChI=1S/C19H19NO2/c1-19(2)12-13-7-3-4-8-14(13)16(20-19)11-18(22)15-9-5-6-10-17(15)21/h3-11,20-21H,12H2,1-2H3/b16-11-. The molecule has 112 valence electrons. The fraction of sp³-hybridized carbons (Fsp3) is 0.211. The smallest absolute Gasteiger partial charge is 0.191 e. The molecule has 22 heavy (non-hydrogen) atoms. The molecule has 0 saturated carbocycles. The Morgan fingerprint density at radius 3 is 2.59 bits per heavy atom. The van der Waals surface area contributed by atoms with Crippen molar-refractivity contribution in [1.29, 1.82) is 0 Å². The number of benzene rings is 2. The molecule has 1 aliphatic rings. The van der Waals surface area contributed by atoms with Crippen molar-refractivity contribution in [3.63, 3.8) is 0 Å². The van der Waals surface area contributed by atoms with Crippen LogP contribution >= 0.6 is 0 Å². The molecule has 2 aromatic carbocycles. The summed E-state index contributed by atoms with van der Waals surface area (Å²) in [6.45, 7) is 4.22. The Morgan fingerprint density at radius 1 is 1.14 bits per heavy atom. The van der Waals surface area contributed by atoms with Crippen LogP contribution in [0.15, 0.2) is 54.6 Å². The van der Waals surface area contributed by atoms with Crippen LogP contribution in [0.5, 0.6) is 5.75 Å². The highest BCUT2D eigenvalue weighted by Gasteiger charge is 2.27. The zero-order chi connectivity index (χ0) is 15.7. The number of phenolic OH excluding ortho intramolecular Hbond substituents is 1. The van der Waals surface area contributed by atoms with E-state index in [0.29, 0.717) is 5.56 Å². The van der Waals surface area contributed by atoms with Crippen LogP contribution in [0.4, 0.5) is 0 Å². The van der Waals surface area contributed by atoms with Crippen molar-refractivity contribution in [2.24, 2.45) is 0 Å². The average molecular weight is 293 g/mol. The molecule has 2 aromatic rings. The highest BCUT2D eigenvalue weighted by molar-refractivity contribution is 6.10. The first-order chi connectivity index (χ1) is 10.5. The minimum Gasteiger partial charge on any atom is -0.507 e. The number of aromatic hydroxyl groups is 1. The van der Waals surface area contributed by atoms with E-state index < -0.39 is 0 Å². The monoisotopic (exact) mass is 293 g/mol. The zero-order valence-corrected chi connectivity index (χ0v) is 12.8. The first kappa shape index (κ1) is 14.4. The number of ketones is 1. The highest BCUT2D eigenvalue weighted by atomic mass is 16.3. The van der Waals surface area contributed by atoms with Gasteiger partial charge in [-0.05, 0) is 38.0 Å². The summed E-state index contributed by atoms with van der Waals surface area (Å²) in [5.41, 5.74) is 3.28. The lowest BCUT2D eigenvalue weighted by molar-refractivity contribution is 0.104. The van der Waals surface area contributed by atoms with Crippen LogP contribution in [0.3, 0.4) is 0 Å². The molecule has 0 bridgehead atoms. The van der Waals surface area contributed by atoms with Crippen LogP contribution in [0.25, 0.3) is 5.70 Å². The summed E-state index contributed by atoms with van der Waals surface area (Å²) in [5.74, 6) is -0.194. The summed E-state index contributed by atoms with van der Waals surface area (Å²) >= 11 is 0. The minimum absolute atomic E-state index is 0.00713. The Morgan fingerprint density at radius 2 is 1.82 bits per heavy atom. The van der Waals surface area contributed by atoms with Crippen molar-refractivity contribution in [1.82, 2.24) is 5.32 Å². The Labute approximate surface area is 130 Å². The third-order valence-corrected chi connectivity index (χ3v) is 3.86. The Kier molecular flexibility index (Phi) is 3.49. The molecule has 2 N–H and O–H groups in total. The molecule has 0 amide bonds. The number of carbonyl (C=O) groups is 1. The normalized spacial score (nSPS) is 17.6. The molecular formula is C19H19NO2. The van der Waals surface area contributed by atoms with Gasteiger partial charge in [-0.25, -0.2) is 0 Å². The number of hydrogen-bond donors (Lipinski definition) is 2. The van der Waals surface area contributed by atoms with Gasteiger partial charge < -0.3 is 10.4 Å². The van der Waals surface area contributed by atoms with Crippen molar-refractivity contribution in [2.75, 3.05) is 0 Å². The van der Waals surface area contributed by atoms with Crippen LogP contribution in [-0.2, 0) is 6.42 Å². The molecule has 0 aliphatic carbocycles. The molecule has 0 saturated heterocycles. The molecule has 0 atom stereocenters. The van der Waals surface area contributed by atoms with E-state index in [1.54, 1.807) is 24.3 Å². The quantitative estimate of drug-likeness (QED) is 0.657. The summed E-state index contributed by atoms with van der Waals surface area (Å²) < 4.78 is 0. The van der Waals surface area contributed by atoms with Gasteiger partial charge in [0.1, 0.15) is 5.75 Å². The fourth-order valence-corrected chi connectivity index (χ4v) is 2.89. The van der Waals surface area contributed by atoms with E-state index in [-0.39, 0.29) is 17.1 Å². The lowest BCUT2D eigenvalue weighted by atomic mass is 9.85. The van der Waals surface area contributed by atoms with Gasteiger partial charge in [0, 0.05) is 22.9 Å². The Bertz CT molecular complexity index is 760. The summed E-state index contributed by atoms with van der Waals surface area (Å²) in [7, 11) is 0. The van der Waals surface area contributed by atoms with Gasteiger partial charge in [0.25, 0.3) is 0 Å². The van der Waals surface area contributed by atoms with Gasteiger partial charge in [-0.3, -0.25) is 4.79 Å². The Balaban J connectivity index is 2.04. The molecule has 0 radical (unpaired) electrons. The maximum absolute atomic E-state index is 12.5. The molecule has 0 fully saturated rings. The van der Waals surface area contributed by atoms with Gasteiger partial charge in [0.2, 0.25) is 0 Å². The van der Waals surface area contributed by atoms with E-state index in [9.17, 15) is 9.90 Å². The van der Waals surface area contributed by atoms with Crippen LogP contribution in [0.2, 0.25) is 0 Å². The third-order valence-electron chi connectivity index (χ3n) is 3.86. The second kappa shape index (κ2) is 5.34. The van der Waals surface area contributed by atoms with Gasteiger partial charge in [0.05, 0.1) is 5.56 Å². The first-order valence-corrected chi connectivity index (χ1v) is 7.37. The van der Waals surface area contributed by atoms with E-state index in [1.807, 2.05) is 18.2 Å². The van der Waals surface area contributed by atoms with Gasteiger partial charge in [0.15, 0.2) is 5.78 Å². The maximum atomic E-state index is 12.5. The van der Waals surface area contributed by atoms with Gasteiger partial charge >= 0.3 is 0 Å². The van der Waals surface area contributed by atoms with Crippen molar-refractivity contribution in [3.05, 3.63) is 71.3 Å². The van der Waals surface area contributed by atoms with E-state index in [4.69, 9.17) is 0 Å². The maximum Gasteiger partial charge on any atom is 0.191 e. The predicted octanol–water partition coefficient (Wildman–Crippen LogP) is 3.54. The number of allylic oxidation sites excluding steroid dienone is 1.